The summed E-state index contributed by atoms with van der Waals surface area (Å²) < 4.78 is 0. The Labute approximate surface area is 111 Å². The molecular weight excluding hydrogens is 224 g/mol. The molecule has 0 radical (unpaired) electrons. The van der Waals surface area contributed by atoms with Crippen LogP contribution in [0.4, 0.5) is 5.95 Å². The molecule has 0 aromatic carbocycles. The summed E-state index contributed by atoms with van der Waals surface area (Å²) in [5.74, 6) is 1.53. The SMILES string of the molecule is CCC(C)CN(CC)c1ncc(CNC)c(C)n1. The summed E-state index contributed by atoms with van der Waals surface area (Å²) in [6.07, 6.45) is 3.13. The van der Waals surface area contributed by atoms with E-state index in [9.17, 15) is 0 Å². The van der Waals surface area contributed by atoms with E-state index in [0.717, 1.165) is 31.3 Å². The summed E-state index contributed by atoms with van der Waals surface area (Å²) in [5, 5.41) is 3.14. The third-order valence-electron chi connectivity index (χ3n) is 3.33. The highest BCUT2D eigenvalue weighted by atomic mass is 15.2. The maximum absolute atomic E-state index is 4.63. The lowest BCUT2D eigenvalue weighted by atomic mass is 10.1. The predicted octanol–water partition coefficient (Wildman–Crippen LogP) is 2.38. The van der Waals surface area contributed by atoms with E-state index in [0.29, 0.717) is 5.92 Å². The Kier molecular flexibility index (Phi) is 6.05. The Bertz CT molecular complexity index is 365. The molecule has 1 N–H and O–H groups in total. The predicted molar refractivity (Wildman–Crippen MR) is 76.9 cm³/mol. The molecule has 1 aromatic rings. The van der Waals surface area contributed by atoms with Crippen LogP contribution in [0.1, 0.15) is 38.4 Å². The molecule has 0 amide bonds. The van der Waals surface area contributed by atoms with Crippen LogP contribution in [0, 0.1) is 12.8 Å². The lowest BCUT2D eigenvalue weighted by molar-refractivity contribution is 0.542. The first-order valence-electron chi connectivity index (χ1n) is 6.84. The van der Waals surface area contributed by atoms with Crippen LogP contribution in [-0.4, -0.2) is 30.1 Å². The fraction of sp³-hybridized carbons (Fsp3) is 0.714. The molecule has 0 fully saturated rings. The number of aromatic nitrogens is 2. The molecule has 0 aliphatic carbocycles. The molecule has 4 nitrogen and oxygen atoms in total. The molecule has 18 heavy (non-hydrogen) atoms. The van der Waals surface area contributed by atoms with Gasteiger partial charge in [-0.15, -0.1) is 0 Å². The molecular formula is C14H26N4. The Hall–Kier alpha value is -1.16. The number of anilines is 1. The normalized spacial score (nSPS) is 12.5. The van der Waals surface area contributed by atoms with Crippen LogP contribution >= 0.6 is 0 Å². The monoisotopic (exact) mass is 250 g/mol. The number of hydrogen-bond acceptors (Lipinski definition) is 4. The van der Waals surface area contributed by atoms with Gasteiger partial charge in [0.1, 0.15) is 0 Å². The second-order valence-electron chi connectivity index (χ2n) is 4.86. The van der Waals surface area contributed by atoms with Gasteiger partial charge in [0.2, 0.25) is 5.95 Å². The molecule has 0 aliphatic heterocycles. The molecule has 102 valence electrons. The molecule has 4 heteroatoms. The fourth-order valence-corrected chi connectivity index (χ4v) is 1.85. The van der Waals surface area contributed by atoms with Gasteiger partial charge in [0.15, 0.2) is 0 Å². The molecule has 1 aromatic heterocycles. The highest BCUT2D eigenvalue weighted by Crippen LogP contribution is 2.14. The molecule has 0 aliphatic rings. The van der Waals surface area contributed by atoms with E-state index >= 15 is 0 Å². The van der Waals surface area contributed by atoms with E-state index in [1.54, 1.807) is 0 Å². The van der Waals surface area contributed by atoms with E-state index < -0.39 is 0 Å². The highest BCUT2D eigenvalue weighted by Gasteiger charge is 2.12. The minimum atomic E-state index is 0.672. The Balaban J connectivity index is 2.83. The zero-order valence-corrected chi connectivity index (χ0v) is 12.3. The average Bonchev–Trinajstić information content (AvgIpc) is 2.38. The van der Waals surface area contributed by atoms with Gasteiger partial charge in [0.05, 0.1) is 0 Å². The van der Waals surface area contributed by atoms with Gasteiger partial charge in [-0.25, -0.2) is 9.97 Å². The molecule has 1 atom stereocenters. The van der Waals surface area contributed by atoms with E-state index in [1.807, 2.05) is 13.2 Å². The lowest BCUT2D eigenvalue weighted by Crippen LogP contribution is -2.30. The smallest absolute Gasteiger partial charge is 0.225 e. The van der Waals surface area contributed by atoms with E-state index in [-0.39, 0.29) is 0 Å². The summed E-state index contributed by atoms with van der Waals surface area (Å²) in [5.41, 5.74) is 2.23. The minimum Gasteiger partial charge on any atom is -0.341 e. The Morgan fingerprint density at radius 2 is 2.11 bits per heavy atom. The Morgan fingerprint density at radius 3 is 2.61 bits per heavy atom. The van der Waals surface area contributed by atoms with Crippen molar-refractivity contribution < 1.29 is 0 Å². The standard InChI is InChI=1S/C14H26N4/c1-6-11(3)10-18(7-2)14-16-9-13(8-15-5)12(4)17-14/h9,11,15H,6-8,10H2,1-5H3. The van der Waals surface area contributed by atoms with Crippen LogP contribution in [0.15, 0.2) is 6.20 Å². The first-order chi connectivity index (χ1) is 8.62. The van der Waals surface area contributed by atoms with Gasteiger partial charge in [0, 0.05) is 37.1 Å². The van der Waals surface area contributed by atoms with Crippen molar-refractivity contribution >= 4 is 5.95 Å². The van der Waals surface area contributed by atoms with Crippen LogP contribution in [-0.2, 0) is 6.54 Å². The second-order valence-corrected chi connectivity index (χ2v) is 4.86. The maximum Gasteiger partial charge on any atom is 0.225 e. The van der Waals surface area contributed by atoms with Crippen molar-refractivity contribution in [3.63, 3.8) is 0 Å². The van der Waals surface area contributed by atoms with Crippen LogP contribution in [0.5, 0.6) is 0 Å². The topological polar surface area (TPSA) is 41.1 Å². The van der Waals surface area contributed by atoms with Crippen LogP contribution < -0.4 is 10.2 Å². The zero-order chi connectivity index (χ0) is 13.5. The quantitative estimate of drug-likeness (QED) is 0.806. The van der Waals surface area contributed by atoms with Gasteiger partial charge in [-0.2, -0.15) is 0 Å². The van der Waals surface area contributed by atoms with Gasteiger partial charge < -0.3 is 10.2 Å². The fourth-order valence-electron chi connectivity index (χ4n) is 1.85. The molecule has 0 bridgehead atoms. The third-order valence-corrected chi connectivity index (χ3v) is 3.33. The molecule has 0 saturated heterocycles. The van der Waals surface area contributed by atoms with E-state index in [4.69, 9.17) is 0 Å². The first-order valence-corrected chi connectivity index (χ1v) is 6.84. The largest absolute Gasteiger partial charge is 0.341 e. The molecule has 1 heterocycles. The highest BCUT2D eigenvalue weighted by molar-refractivity contribution is 5.32. The zero-order valence-electron chi connectivity index (χ0n) is 12.3. The van der Waals surface area contributed by atoms with E-state index in [1.165, 1.54) is 12.0 Å². The van der Waals surface area contributed by atoms with Crippen molar-refractivity contribution in [2.75, 3.05) is 25.0 Å². The molecule has 1 unspecified atom stereocenters. The third kappa shape index (κ3) is 3.95. The minimum absolute atomic E-state index is 0.672. The Morgan fingerprint density at radius 1 is 1.39 bits per heavy atom. The second kappa shape index (κ2) is 7.31. The van der Waals surface area contributed by atoms with Gasteiger partial charge in [-0.1, -0.05) is 20.3 Å². The van der Waals surface area contributed by atoms with E-state index in [2.05, 4.69) is 47.9 Å². The van der Waals surface area contributed by atoms with Crippen molar-refractivity contribution in [1.82, 2.24) is 15.3 Å². The maximum atomic E-state index is 4.63. The van der Waals surface area contributed by atoms with Gasteiger partial charge in [0.25, 0.3) is 0 Å². The number of nitrogens with one attached hydrogen (secondary N) is 1. The average molecular weight is 250 g/mol. The number of nitrogens with zero attached hydrogens (tertiary/aromatic N) is 3. The van der Waals surface area contributed by atoms with Gasteiger partial charge in [-0.3, -0.25) is 0 Å². The number of hydrogen-bond donors (Lipinski definition) is 1. The lowest BCUT2D eigenvalue weighted by Gasteiger charge is -2.24. The van der Waals surface area contributed by atoms with Crippen molar-refractivity contribution in [3.05, 3.63) is 17.5 Å². The summed E-state index contributed by atoms with van der Waals surface area (Å²) in [6.45, 7) is 11.5. The summed E-state index contributed by atoms with van der Waals surface area (Å²) >= 11 is 0. The van der Waals surface area contributed by atoms with Crippen LogP contribution in [0.3, 0.4) is 0 Å². The van der Waals surface area contributed by atoms with Crippen LogP contribution in [0.25, 0.3) is 0 Å². The summed E-state index contributed by atoms with van der Waals surface area (Å²) in [4.78, 5) is 11.4. The van der Waals surface area contributed by atoms with Gasteiger partial charge in [-0.05, 0) is 26.8 Å². The van der Waals surface area contributed by atoms with Crippen molar-refractivity contribution in [3.8, 4) is 0 Å². The molecule has 0 spiro atoms. The molecule has 1 rings (SSSR count). The van der Waals surface area contributed by atoms with Crippen molar-refractivity contribution in [2.45, 2.75) is 40.7 Å². The van der Waals surface area contributed by atoms with Crippen LogP contribution in [0.2, 0.25) is 0 Å². The summed E-state index contributed by atoms with van der Waals surface area (Å²) in [7, 11) is 1.94. The number of aryl methyl sites for hydroxylation is 1. The van der Waals surface area contributed by atoms with Gasteiger partial charge >= 0.3 is 0 Å². The first kappa shape index (κ1) is 14.9. The van der Waals surface area contributed by atoms with Crippen molar-refractivity contribution in [1.29, 1.82) is 0 Å². The molecule has 0 saturated carbocycles. The van der Waals surface area contributed by atoms with Crippen molar-refractivity contribution in [2.24, 2.45) is 5.92 Å². The summed E-state index contributed by atoms with van der Waals surface area (Å²) in [6, 6.07) is 0. The number of rotatable bonds is 7.